The molecule has 0 aliphatic heterocycles. The minimum atomic E-state index is -0.715. The molecule has 8 nitrogen and oxygen atoms in total. The van der Waals surface area contributed by atoms with E-state index in [0.29, 0.717) is 16.1 Å². The lowest BCUT2D eigenvalue weighted by atomic mass is 10.0. The van der Waals surface area contributed by atoms with Gasteiger partial charge in [-0.2, -0.15) is 0 Å². The molecule has 0 amide bonds. The maximum atomic E-state index is 13.4. The van der Waals surface area contributed by atoms with E-state index in [2.05, 4.69) is 15.0 Å². The highest BCUT2D eigenvalue weighted by molar-refractivity contribution is 7.16. The second kappa shape index (κ2) is 6.74. The normalized spacial score (nSPS) is 11.1. The average molecular weight is 415 g/mol. The van der Waals surface area contributed by atoms with Crippen LogP contribution >= 0.6 is 11.3 Å². The number of methoxy groups -OCH3 is 1. The van der Waals surface area contributed by atoms with Crippen molar-refractivity contribution in [1.29, 1.82) is 0 Å². The van der Waals surface area contributed by atoms with Crippen LogP contribution in [0, 0.1) is 12.7 Å². The number of hydrogen-bond acceptors (Lipinski definition) is 6. The molecular weight excluding hydrogens is 401 g/mol. The Morgan fingerprint density at radius 2 is 1.83 bits per heavy atom. The molecule has 0 saturated carbocycles. The Kier molecular flexibility index (Phi) is 4.35. The lowest BCUT2D eigenvalue weighted by Crippen LogP contribution is -2.21. The molecule has 4 aromatic rings. The van der Waals surface area contributed by atoms with Gasteiger partial charge in [0.05, 0.1) is 23.1 Å². The van der Waals surface area contributed by atoms with Crippen molar-refractivity contribution in [3.63, 3.8) is 0 Å². The summed E-state index contributed by atoms with van der Waals surface area (Å²) in [6, 6.07) is 5.48. The zero-order chi connectivity index (χ0) is 20.9. The number of esters is 1. The minimum absolute atomic E-state index is 0.00670. The number of aromatic amines is 3. The van der Waals surface area contributed by atoms with E-state index >= 15 is 0 Å². The lowest BCUT2D eigenvalue weighted by Gasteiger charge is -2.05. The molecule has 0 radical (unpaired) electrons. The van der Waals surface area contributed by atoms with Gasteiger partial charge in [0.1, 0.15) is 22.8 Å². The van der Waals surface area contributed by atoms with E-state index in [1.807, 2.05) is 0 Å². The fraction of sp³-hybridized carbons (Fsp3) is 0.105. The first-order valence-corrected chi connectivity index (χ1v) is 9.18. The summed E-state index contributed by atoms with van der Waals surface area (Å²) in [5, 5.41) is 10.8. The van der Waals surface area contributed by atoms with E-state index in [-0.39, 0.29) is 32.8 Å². The van der Waals surface area contributed by atoms with Gasteiger partial charge in [0.25, 0.3) is 5.56 Å². The van der Waals surface area contributed by atoms with Crippen LogP contribution in [0.2, 0.25) is 0 Å². The highest BCUT2D eigenvalue weighted by atomic mass is 32.1. The summed E-state index contributed by atoms with van der Waals surface area (Å²) in [5.74, 6) is -1.50. The fourth-order valence-corrected chi connectivity index (χ4v) is 4.33. The van der Waals surface area contributed by atoms with Crippen LogP contribution in [0.5, 0.6) is 5.75 Å². The van der Waals surface area contributed by atoms with Crippen molar-refractivity contribution in [3.05, 3.63) is 61.4 Å². The summed E-state index contributed by atoms with van der Waals surface area (Å²) in [4.78, 5) is 44.7. The summed E-state index contributed by atoms with van der Waals surface area (Å²) >= 11 is 1.09. The molecule has 0 saturated heterocycles. The maximum absolute atomic E-state index is 13.4. The predicted octanol–water partition coefficient (Wildman–Crippen LogP) is 2.88. The van der Waals surface area contributed by atoms with E-state index in [9.17, 15) is 23.9 Å². The molecule has 10 heteroatoms. The fourth-order valence-electron chi connectivity index (χ4n) is 3.24. The van der Waals surface area contributed by atoms with Crippen LogP contribution in [0.15, 0.2) is 33.9 Å². The van der Waals surface area contributed by atoms with Gasteiger partial charge in [0.15, 0.2) is 0 Å². The quantitative estimate of drug-likeness (QED) is 0.383. The molecule has 0 aliphatic rings. The van der Waals surface area contributed by atoms with Crippen molar-refractivity contribution in [2.75, 3.05) is 7.11 Å². The third-order valence-corrected chi connectivity index (χ3v) is 5.61. The van der Waals surface area contributed by atoms with Gasteiger partial charge in [-0.1, -0.05) is 0 Å². The van der Waals surface area contributed by atoms with Crippen molar-refractivity contribution in [2.24, 2.45) is 0 Å². The van der Waals surface area contributed by atoms with Gasteiger partial charge in [-0.05, 0) is 36.8 Å². The SMILES string of the molecule is COC(=O)c1c(C)sc(-c2c(-c3ccc(F)cc3)[nH]c3[nH]c(=O)[nH]c(=O)c23)c1O. The van der Waals surface area contributed by atoms with E-state index in [0.717, 1.165) is 11.3 Å². The molecule has 0 bridgehead atoms. The molecule has 0 aliphatic carbocycles. The number of aromatic hydroxyl groups is 1. The molecule has 0 fully saturated rings. The molecule has 3 heterocycles. The summed E-state index contributed by atoms with van der Waals surface area (Å²) < 4.78 is 18.1. The second-order valence-electron chi connectivity index (χ2n) is 6.24. The molecule has 0 unspecified atom stereocenters. The summed E-state index contributed by atoms with van der Waals surface area (Å²) in [6.07, 6.45) is 0. The Morgan fingerprint density at radius 1 is 1.14 bits per heavy atom. The Hall–Kier alpha value is -3.66. The number of thiophene rings is 1. The van der Waals surface area contributed by atoms with Gasteiger partial charge in [-0.3, -0.25) is 14.8 Å². The van der Waals surface area contributed by atoms with Gasteiger partial charge >= 0.3 is 11.7 Å². The molecule has 148 valence electrons. The van der Waals surface area contributed by atoms with E-state index < -0.39 is 23.0 Å². The number of fused-ring (bicyclic) bond motifs is 1. The number of hydrogen-bond donors (Lipinski definition) is 4. The number of aryl methyl sites for hydroxylation is 1. The van der Waals surface area contributed by atoms with Crippen LogP contribution in [0.3, 0.4) is 0 Å². The molecule has 0 atom stereocenters. The van der Waals surface area contributed by atoms with Crippen molar-refractivity contribution in [1.82, 2.24) is 15.0 Å². The molecule has 1 aromatic carbocycles. The van der Waals surface area contributed by atoms with Crippen LogP contribution in [0.1, 0.15) is 15.2 Å². The Bertz CT molecular complexity index is 1380. The van der Waals surface area contributed by atoms with Crippen LogP contribution < -0.4 is 11.2 Å². The first-order chi connectivity index (χ1) is 13.8. The number of aromatic nitrogens is 3. The summed E-state index contributed by atoms with van der Waals surface area (Å²) in [5.41, 5.74) is -0.0739. The Balaban J connectivity index is 2.12. The van der Waals surface area contributed by atoms with Crippen LogP contribution in [-0.2, 0) is 4.74 Å². The first kappa shape index (κ1) is 18.7. The van der Waals surface area contributed by atoms with Crippen molar-refractivity contribution < 1.29 is 19.0 Å². The Labute approximate surface area is 165 Å². The monoisotopic (exact) mass is 415 g/mol. The zero-order valence-electron chi connectivity index (χ0n) is 15.2. The Morgan fingerprint density at radius 3 is 2.48 bits per heavy atom. The molecular formula is C19H14FN3O5S. The van der Waals surface area contributed by atoms with Gasteiger partial charge in [0.2, 0.25) is 0 Å². The predicted molar refractivity (Wildman–Crippen MR) is 106 cm³/mol. The van der Waals surface area contributed by atoms with Gasteiger partial charge in [-0.15, -0.1) is 11.3 Å². The van der Waals surface area contributed by atoms with Crippen molar-refractivity contribution in [2.45, 2.75) is 6.92 Å². The molecule has 0 spiro atoms. The largest absolute Gasteiger partial charge is 0.505 e. The number of benzene rings is 1. The third-order valence-electron chi connectivity index (χ3n) is 4.50. The number of halogens is 1. The molecule has 4 rings (SSSR count). The highest BCUT2D eigenvalue weighted by Crippen LogP contribution is 2.47. The first-order valence-electron chi connectivity index (χ1n) is 8.37. The van der Waals surface area contributed by atoms with Crippen LogP contribution in [-0.4, -0.2) is 33.1 Å². The third kappa shape index (κ3) is 2.93. The standard InChI is InChI=1S/C19H14FN3O5S/c1-7-10(18(26)28-2)14(24)15(29-7)11-12-16(22-19(27)23-17(12)25)21-13(11)8-3-5-9(20)6-4-8/h3-6,24H,1-2H3,(H3,21,22,23,25,27). The highest BCUT2D eigenvalue weighted by Gasteiger charge is 2.28. The van der Waals surface area contributed by atoms with Crippen LogP contribution in [0.4, 0.5) is 4.39 Å². The number of carbonyl (C=O) groups is 1. The smallest absolute Gasteiger partial charge is 0.342 e. The number of rotatable bonds is 3. The van der Waals surface area contributed by atoms with Crippen molar-refractivity contribution >= 4 is 28.3 Å². The van der Waals surface area contributed by atoms with E-state index in [4.69, 9.17) is 4.74 Å². The van der Waals surface area contributed by atoms with E-state index in [1.54, 1.807) is 6.92 Å². The summed E-state index contributed by atoms with van der Waals surface area (Å²) in [6.45, 7) is 1.64. The lowest BCUT2D eigenvalue weighted by molar-refractivity contribution is 0.0597. The maximum Gasteiger partial charge on any atom is 0.342 e. The number of ether oxygens (including phenoxy) is 1. The number of carbonyl (C=O) groups excluding carboxylic acids is 1. The molecule has 4 N–H and O–H groups in total. The number of nitrogens with one attached hydrogen (secondary N) is 3. The average Bonchev–Trinajstić information content (AvgIpc) is 3.19. The van der Waals surface area contributed by atoms with E-state index in [1.165, 1.54) is 31.4 Å². The van der Waals surface area contributed by atoms with Crippen LogP contribution in [0.25, 0.3) is 32.7 Å². The summed E-state index contributed by atoms with van der Waals surface area (Å²) in [7, 11) is 1.20. The van der Waals surface area contributed by atoms with Gasteiger partial charge < -0.3 is 14.8 Å². The number of H-pyrrole nitrogens is 3. The zero-order valence-corrected chi connectivity index (χ0v) is 16.0. The van der Waals surface area contributed by atoms with Gasteiger partial charge in [-0.25, -0.2) is 14.0 Å². The molecule has 3 aromatic heterocycles. The second-order valence-corrected chi connectivity index (χ2v) is 7.47. The minimum Gasteiger partial charge on any atom is -0.505 e. The molecule has 29 heavy (non-hydrogen) atoms. The topological polar surface area (TPSA) is 128 Å². The van der Waals surface area contributed by atoms with Gasteiger partial charge in [0, 0.05) is 10.4 Å². The van der Waals surface area contributed by atoms with Crippen molar-refractivity contribution in [3.8, 4) is 27.4 Å².